The Hall–Kier alpha value is -2.40. The molecule has 5 heteroatoms. The normalized spacial score (nSPS) is 10.2. The first-order valence-corrected chi connectivity index (χ1v) is 6.82. The maximum atomic E-state index is 12.2. The van der Waals surface area contributed by atoms with Gasteiger partial charge in [0.25, 0.3) is 5.91 Å². The summed E-state index contributed by atoms with van der Waals surface area (Å²) >= 11 is 0. The maximum absolute atomic E-state index is 12.2. The lowest BCUT2D eigenvalue weighted by molar-refractivity contribution is 0.102. The van der Waals surface area contributed by atoms with E-state index in [-0.39, 0.29) is 12.5 Å². The zero-order valence-electron chi connectivity index (χ0n) is 11.9. The number of hydrogen-bond acceptors (Lipinski definition) is 4. The predicted molar refractivity (Wildman–Crippen MR) is 80.3 cm³/mol. The van der Waals surface area contributed by atoms with Crippen LogP contribution in [0.2, 0.25) is 0 Å². The standard InChI is InChI=1S/C16H18N2O3/c1-2-8-21-14-5-3-4-12(9-14)16(20)18-15-10-17-7-6-13(15)11-19/h3-7,9-10,19H,2,8,11H2,1H3,(H,18,20). The van der Waals surface area contributed by atoms with Crippen LogP contribution in [-0.2, 0) is 6.61 Å². The van der Waals surface area contributed by atoms with Gasteiger partial charge >= 0.3 is 0 Å². The van der Waals surface area contributed by atoms with Gasteiger partial charge in [0.05, 0.1) is 25.1 Å². The Kier molecular flexibility index (Phi) is 5.29. The first kappa shape index (κ1) is 15.0. The Bertz CT molecular complexity index is 614. The zero-order chi connectivity index (χ0) is 15.1. The van der Waals surface area contributed by atoms with Gasteiger partial charge < -0.3 is 15.2 Å². The molecule has 1 heterocycles. The molecule has 0 aliphatic heterocycles. The molecule has 5 nitrogen and oxygen atoms in total. The molecule has 0 aliphatic rings. The fourth-order valence-electron chi connectivity index (χ4n) is 1.82. The largest absolute Gasteiger partial charge is 0.494 e. The summed E-state index contributed by atoms with van der Waals surface area (Å²) in [7, 11) is 0. The first-order chi connectivity index (χ1) is 10.2. The van der Waals surface area contributed by atoms with E-state index >= 15 is 0 Å². The third-order valence-electron chi connectivity index (χ3n) is 2.90. The molecule has 0 fully saturated rings. The summed E-state index contributed by atoms with van der Waals surface area (Å²) in [5, 5.41) is 12.0. The van der Waals surface area contributed by atoms with Gasteiger partial charge in [0, 0.05) is 17.3 Å². The Morgan fingerprint density at radius 3 is 3.00 bits per heavy atom. The molecule has 2 aromatic rings. The fraction of sp³-hybridized carbons (Fsp3) is 0.250. The average molecular weight is 286 g/mol. The zero-order valence-corrected chi connectivity index (χ0v) is 11.9. The van der Waals surface area contributed by atoms with E-state index < -0.39 is 0 Å². The molecule has 0 radical (unpaired) electrons. The number of benzene rings is 1. The predicted octanol–water partition coefficient (Wildman–Crippen LogP) is 2.62. The summed E-state index contributed by atoms with van der Waals surface area (Å²) in [6.07, 6.45) is 3.99. The van der Waals surface area contributed by atoms with Crippen molar-refractivity contribution in [3.8, 4) is 5.75 Å². The lowest BCUT2D eigenvalue weighted by Gasteiger charge is -2.10. The number of hydrogen-bond donors (Lipinski definition) is 2. The van der Waals surface area contributed by atoms with Crippen LogP contribution in [0.4, 0.5) is 5.69 Å². The van der Waals surface area contributed by atoms with Gasteiger partial charge in [-0.15, -0.1) is 0 Å². The topological polar surface area (TPSA) is 71.5 Å². The van der Waals surface area contributed by atoms with Crippen LogP contribution < -0.4 is 10.1 Å². The number of pyridine rings is 1. The molecule has 1 aromatic heterocycles. The number of rotatable bonds is 6. The fourth-order valence-corrected chi connectivity index (χ4v) is 1.82. The van der Waals surface area contributed by atoms with Crippen LogP contribution in [0.1, 0.15) is 29.3 Å². The number of aliphatic hydroxyl groups is 1. The number of carbonyl (C=O) groups is 1. The average Bonchev–Trinajstić information content (AvgIpc) is 2.53. The molecule has 110 valence electrons. The number of aliphatic hydroxyl groups excluding tert-OH is 1. The maximum Gasteiger partial charge on any atom is 0.255 e. The van der Waals surface area contributed by atoms with Crippen LogP contribution in [-0.4, -0.2) is 22.6 Å². The van der Waals surface area contributed by atoms with Crippen LogP contribution in [0.25, 0.3) is 0 Å². The van der Waals surface area contributed by atoms with Crippen molar-refractivity contribution in [3.05, 3.63) is 53.9 Å². The molecule has 2 rings (SSSR count). The second-order valence-corrected chi connectivity index (χ2v) is 4.52. The Morgan fingerprint density at radius 1 is 1.38 bits per heavy atom. The second kappa shape index (κ2) is 7.40. The number of nitrogens with one attached hydrogen (secondary N) is 1. The van der Waals surface area contributed by atoms with Gasteiger partial charge in [-0.25, -0.2) is 0 Å². The molecular weight excluding hydrogens is 268 g/mol. The summed E-state index contributed by atoms with van der Waals surface area (Å²) in [5.74, 6) is 0.401. The van der Waals surface area contributed by atoms with Crippen LogP contribution in [0.5, 0.6) is 5.75 Å². The van der Waals surface area contributed by atoms with E-state index in [0.29, 0.717) is 29.2 Å². The Labute approximate surface area is 123 Å². The van der Waals surface area contributed by atoms with Crippen LogP contribution in [0.3, 0.4) is 0 Å². The van der Waals surface area contributed by atoms with E-state index in [1.165, 1.54) is 6.20 Å². The minimum Gasteiger partial charge on any atom is -0.494 e. The minimum atomic E-state index is -0.264. The van der Waals surface area contributed by atoms with Crippen LogP contribution >= 0.6 is 0 Å². The number of ether oxygens (including phenoxy) is 1. The number of carbonyl (C=O) groups excluding carboxylic acids is 1. The summed E-state index contributed by atoms with van der Waals surface area (Å²) < 4.78 is 5.51. The molecule has 2 N–H and O–H groups in total. The molecule has 1 amide bonds. The van der Waals surface area contributed by atoms with E-state index in [4.69, 9.17) is 4.74 Å². The first-order valence-electron chi connectivity index (χ1n) is 6.82. The molecule has 0 saturated carbocycles. The minimum absolute atomic E-state index is 0.155. The SMILES string of the molecule is CCCOc1cccc(C(=O)Nc2cnccc2CO)c1. The second-order valence-electron chi connectivity index (χ2n) is 4.52. The molecule has 0 unspecified atom stereocenters. The van der Waals surface area contributed by atoms with Crippen LogP contribution in [0.15, 0.2) is 42.7 Å². The lowest BCUT2D eigenvalue weighted by Crippen LogP contribution is -2.13. The third-order valence-corrected chi connectivity index (χ3v) is 2.90. The number of aromatic nitrogens is 1. The van der Waals surface area contributed by atoms with Crippen molar-refractivity contribution in [1.29, 1.82) is 0 Å². The summed E-state index contributed by atoms with van der Waals surface area (Å²) in [5.41, 5.74) is 1.62. The number of amides is 1. The van der Waals surface area contributed by atoms with E-state index in [1.807, 2.05) is 13.0 Å². The monoisotopic (exact) mass is 286 g/mol. The van der Waals surface area contributed by atoms with E-state index in [1.54, 1.807) is 30.5 Å². The third kappa shape index (κ3) is 4.03. The smallest absolute Gasteiger partial charge is 0.255 e. The summed E-state index contributed by atoms with van der Waals surface area (Å²) in [6, 6.07) is 8.66. The molecule has 21 heavy (non-hydrogen) atoms. The molecule has 0 saturated heterocycles. The Balaban J connectivity index is 2.13. The molecule has 0 aliphatic carbocycles. The van der Waals surface area contributed by atoms with Crippen LogP contribution in [0, 0.1) is 0 Å². The van der Waals surface area contributed by atoms with Gasteiger partial charge in [-0.1, -0.05) is 13.0 Å². The van der Waals surface area contributed by atoms with Crippen molar-refractivity contribution in [3.63, 3.8) is 0 Å². The van der Waals surface area contributed by atoms with Crippen molar-refractivity contribution < 1.29 is 14.6 Å². The van der Waals surface area contributed by atoms with E-state index in [0.717, 1.165) is 6.42 Å². The molecular formula is C16H18N2O3. The highest BCUT2D eigenvalue weighted by atomic mass is 16.5. The van der Waals surface area contributed by atoms with Crippen molar-refractivity contribution in [2.75, 3.05) is 11.9 Å². The van der Waals surface area contributed by atoms with Gasteiger partial charge in [-0.2, -0.15) is 0 Å². The van der Waals surface area contributed by atoms with Gasteiger partial charge in [-0.3, -0.25) is 9.78 Å². The highest BCUT2D eigenvalue weighted by molar-refractivity contribution is 6.04. The van der Waals surface area contributed by atoms with Gasteiger partial charge in [0.1, 0.15) is 5.75 Å². The molecule has 0 spiro atoms. The van der Waals surface area contributed by atoms with Crippen molar-refractivity contribution in [2.45, 2.75) is 20.0 Å². The Morgan fingerprint density at radius 2 is 2.24 bits per heavy atom. The summed E-state index contributed by atoms with van der Waals surface area (Å²) in [6.45, 7) is 2.48. The van der Waals surface area contributed by atoms with E-state index in [2.05, 4.69) is 10.3 Å². The van der Waals surface area contributed by atoms with Crippen molar-refractivity contribution in [2.24, 2.45) is 0 Å². The molecule has 0 atom stereocenters. The van der Waals surface area contributed by atoms with Gasteiger partial charge in [-0.05, 0) is 30.7 Å². The quantitative estimate of drug-likeness (QED) is 0.856. The van der Waals surface area contributed by atoms with Gasteiger partial charge in [0.2, 0.25) is 0 Å². The summed E-state index contributed by atoms with van der Waals surface area (Å²) in [4.78, 5) is 16.2. The number of anilines is 1. The van der Waals surface area contributed by atoms with Gasteiger partial charge in [0.15, 0.2) is 0 Å². The highest BCUT2D eigenvalue weighted by Gasteiger charge is 2.09. The van der Waals surface area contributed by atoms with Crippen molar-refractivity contribution in [1.82, 2.24) is 4.98 Å². The highest BCUT2D eigenvalue weighted by Crippen LogP contribution is 2.17. The molecule has 0 bridgehead atoms. The molecule has 1 aromatic carbocycles. The lowest BCUT2D eigenvalue weighted by atomic mass is 10.2. The van der Waals surface area contributed by atoms with Crippen molar-refractivity contribution >= 4 is 11.6 Å². The van der Waals surface area contributed by atoms with E-state index in [9.17, 15) is 9.90 Å². The number of nitrogens with zero attached hydrogens (tertiary/aromatic N) is 1.